The fraction of sp³-hybridized carbons (Fsp3) is 0.379. The van der Waals surface area contributed by atoms with Crippen LogP contribution in [0.5, 0.6) is 0 Å². The number of benzene rings is 3. The number of hydrogen-bond acceptors (Lipinski definition) is 1. The second-order valence-electron chi connectivity index (χ2n) is 11.8. The van der Waals surface area contributed by atoms with Gasteiger partial charge in [-0.15, -0.1) is 0 Å². The van der Waals surface area contributed by atoms with Crippen LogP contribution in [0, 0.1) is 0 Å². The Bertz CT molecular complexity index is 1280. The Morgan fingerprint density at radius 2 is 0.974 bits per heavy atom. The van der Waals surface area contributed by atoms with Crippen LogP contribution in [0.1, 0.15) is 58.2 Å². The molecule has 0 aromatic heterocycles. The van der Waals surface area contributed by atoms with Crippen LogP contribution in [-0.2, 0) is 19.4 Å². The summed E-state index contributed by atoms with van der Waals surface area (Å²) in [4.78, 5) is 0. The van der Waals surface area contributed by atoms with Gasteiger partial charge in [-0.2, -0.15) is 0 Å². The topological polar surface area (TPSA) is 9.23 Å². The average molecular weight is 666 g/mol. The van der Waals surface area contributed by atoms with Crippen molar-refractivity contribution in [2.45, 2.75) is 70.3 Å². The van der Waals surface area contributed by atoms with Crippen molar-refractivity contribution in [2.24, 2.45) is 0 Å². The summed E-state index contributed by atoms with van der Waals surface area (Å²) in [5.74, 6) is 0. The fourth-order valence-electron chi connectivity index (χ4n) is 5.03. The average Bonchev–Trinajstić information content (AvgIpc) is 3.08. The summed E-state index contributed by atoms with van der Waals surface area (Å²) in [7, 11) is 7.52. The van der Waals surface area contributed by atoms with Crippen molar-refractivity contribution in [1.82, 2.24) is 0 Å². The van der Waals surface area contributed by atoms with E-state index in [0.29, 0.717) is 0 Å². The van der Waals surface area contributed by atoms with Crippen LogP contribution in [0.2, 0.25) is 0 Å². The van der Waals surface area contributed by atoms with Crippen LogP contribution in [0.3, 0.4) is 0 Å². The molecule has 9 heteroatoms. The predicted octanol–water partition coefficient (Wildman–Crippen LogP) is 7.29. The summed E-state index contributed by atoms with van der Waals surface area (Å²) in [5.41, 5.74) is -4.47. The number of alkyl halides is 6. The Kier molecular flexibility index (Phi) is 6.67. The normalized spacial score (nSPS) is 19.9. The number of hydrogen-bond donors (Lipinski definition) is 0. The third-order valence-electron chi connectivity index (χ3n) is 7.21. The standard InChI is InChI=1S/2C10H13.C9H4F6O.ClH.Sb/c2*1-10(2,3)9-7-5-4-6-8-9;10-8(11,12)7(16,9(13,14)15)6-4-2-1-3-5-6;;/h2*5-8H,1-3H3;1-4H;1H;/q;;-1;;+2/p-1. The van der Waals surface area contributed by atoms with Crippen LogP contribution in [0.25, 0.3) is 0 Å². The van der Waals surface area contributed by atoms with E-state index < -0.39 is 40.2 Å². The third-order valence-corrected chi connectivity index (χ3v) is 23.8. The SMILES string of the molecule is CC(C)(C)c1cc[c]([Sb]2([Cl])([c]3ccc(C(C)(C)C)cc3)[O]C(C(F)(F)F)(C(F)(F)F)c3cccc[c]32)cc1. The van der Waals surface area contributed by atoms with E-state index in [2.05, 4.69) is 0 Å². The van der Waals surface area contributed by atoms with Gasteiger partial charge in [-0.25, -0.2) is 0 Å². The molecule has 4 rings (SSSR count). The molecule has 0 spiro atoms. The van der Waals surface area contributed by atoms with Crippen molar-refractivity contribution in [3.63, 3.8) is 0 Å². The van der Waals surface area contributed by atoms with Gasteiger partial charge < -0.3 is 0 Å². The fourth-order valence-corrected chi connectivity index (χ4v) is 20.7. The molecule has 0 bridgehead atoms. The molecular formula is C29H30ClF6OSb. The summed E-state index contributed by atoms with van der Waals surface area (Å²) < 4.78 is 93.9. The Morgan fingerprint density at radius 3 is 1.32 bits per heavy atom. The molecule has 0 atom stereocenters. The minimum absolute atomic E-state index is 0.138. The maximum atomic E-state index is 14.7. The first-order valence-electron chi connectivity index (χ1n) is 12.1. The van der Waals surface area contributed by atoms with Gasteiger partial charge in [0.1, 0.15) is 0 Å². The Morgan fingerprint density at radius 1 is 0.605 bits per heavy atom. The zero-order valence-electron chi connectivity index (χ0n) is 21.9. The molecule has 0 saturated carbocycles. The molecule has 3 aromatic carbocycles. The van der Waals surface area contributed by atoms with E-state index in [1.807, 2.05) is 41.5 Å². The van der Waals surface area contributed by atoms with E-state index in [4.69, 9.17) is 11.8 Å². The van der Waals surface area contributed by atoms with Gasteiger partial charge in [-0.05, 0) is 0 Å². The monoisotopic (exact) mass is 664 g/mol. The first kappa shape index (κ1) is 29.3. The molecule has 0 saturated heterocycles. The summed E-state index contributed by atoms with van der Waals surface area (Å²) in [6.07, 6.45) is -11.6. The molecule has 0 unspecified atom stereocenters. The molecule has 0 amide bonds. The van der Waals surface area contributed by atoms with Crippen molar-refractivity contribution in [1.29, 1.82) is 0 Å². The van der Waals surface area contributed by atoms with Crippen LogP contribution in [-0.4, -0.2) is 29.0 Å². The predicted molar refractivity (Wildman–Crippen MR) is 142 cm³/mol. The van der Waals surface area contributed by atoms with Crippen molar-refractivity contribution in [3.8, 4) is 0 Å². The Labute approximate surface area is 224 Å². The first-order valence-corrected chi connectivity index (χ1v) is 20.2. The second-order valence-corrected chi connectivity index (χ2v) is 26.3. The van der Waals surface area contributed by atoms with Gasteiger partial charge in [0, 0.05) is 0 Å². The summed E-state index contributed by atoms with van der Waals surface area (Å²) in [6.45, 7) is 11.8. The Balaban J connectivity index is 2.17. The molecule has 3 aromatic rings. The molecule has 1 heterocycles. The van der Waals surface area contributed by atoms with E-state index in [9.17, 15) is 26.3 Å². The third kappa shape index (κ3) is 4.10. The van der Waals surface area contributed by atoms with Crippen LogP contribution < -0.4 is 10.5 Å². The van der Waals surface area contributed by atoms with Gasteiger partial charge in [0.15, 0.2) is 0 Å². The maximum absolute atomic E-state index is 14.7. The second kappa shape index (κ2) is 8.65. The molecule has 0 N–H and O–H groups in total. The zero-order valence-corrected chi connectivity index (χ0v) is 25.2. The zero-order chi connectivity index (χ0) is 28.6. The van der Waals surface area contributed by atoms with Crippen molar-refractivity contribution >= 4 is 36.0 Å². The molecule has 0 fully saturated rings. The number of rotatable bonds is 2. The molecule has 38 heavy (non-hydrogen) atoms. The number of halogens is 7. The van der Waals surface area contributed by atoms with Gasteiger partial charge in [0.05, 0.1) is 0 Å². The molecule has 0 aliphatic carbocycles. The molecule has 1 aliphatic rings. The quantitative estimate of drug-likeness (QED) is 0.207. The number of fused-ring (bicyclic) bond motifs is 1. The van der Waals surface area contributed by atoms with E-state index in [0.717, 1.165) is 23.3 Å². The van der Waals surface area contributed by atoms with E-state index >= 15 is 0 Å². The summed E-state index contributed by atoms with van der Waals surface area (Å²) >= 11 is -6.48. The van der Waals surface area contributed by atoms with Crippen molar-refractivity contribution in [3.05, 3.63) is 89.5 Å². The van der Waals surface area contributed by atoms with Crippen molar-refractivity contribution < 1.29 is 29.4 Å². The van der Waals surface area contributed by atoms with E-state index in [1.165, 1.54) is 36.4 Å². The molecule has 0 radical (unpaired) electrons. The Hall–Kier alpha value is -1.69. The van der Waals surface area contributed by atoms with E-state index in [1.54, 1.807) is 24.3 Å². The molecule has 206 valence electrons. The van der Waals surface area contributed by atoms with Crippen molar-refractivity contribution in [2.75, 3.05) is 0 Å². The van der Waals surface area contributed by atoms with Gasteiger partial charge in [-0.1, -0.05) is 0 Å². The van der Waals surface area contributed by atoms with Gasteiger partial charge in [-0.3, -0.25) is 0 Å². The van der Waals surface area contributed by atoms with Crippen LogP contribution >= 0.6 is 8.83 Å². The van der Waals surface area contributed by atoms with Gasteiger partial charge >= 0.3 is 225 Å². The van der Waals surface area contributed by atoms with E-state index in [-0.39, 0.29) is 21.4 Å². The molecule has 1 nitrogen and oxygen atoms in total. The molecule has 1 aliphatic heterocycles. The minimum atomic E-state index is -6.48. The summed E-state index contributed by atoms with van der Waals surface area (Å²) in [6, 6.07) is 17.6. The van der Waals surface area contributed by atoms with Gasteiger partial charge in [0.25, 0.3) is 0 Å². The first-order chi connectivity index (χ1) is 17.2. The summed E-state index contributed by atoms with van der Waals surface area (Å²) in [5, 5.41) is 0. The van der Waals surface area contributed by atoms with Crippen LogP contribution in [0.4, 0.5) is 26.3 Å². The van der Waals surface area contributed by atoms with Gasteiger partial charge in [0.2, 0.25) is 0 Å². The van der Waals surface area contributed by atoms with Crippen LogP contribution in [0.15, 0.2) is 72.8 Å². The molecular weight excluding hydrogens is 636 g/mol.